The number of piperidine rings is 1. The van der Waals surface area contributed by atoms with Crippen molar-refractivity contribution in [3.05, 3.63) is 66.7 Å². The van der Waals surface area contributed by atoms with Gasteiger partial charge in [-0.15, -0.1) is 0 Å². The summed E-state index contributed by atoms with van der Waals surface area (Å²) in [5.41, 5.74) is 3.49. The van der Waals surface area contributed by atoms with Crippen LogP contribution in [0.25, 0.3) is 5.69 Å². The number of likely N-dealkylation sites (tertiary alicyclic amines) is 1. The third-order valence-corrected chi connectivity index (χ3v) is 5.39. The van der Waals surface area contributed by atoms with Gasteiger partial charge in [-0.25, -0.2) is 0 Å². The lowest BCUT2D eigenvalue weighted by molar-refractivity contribution is 0.174. The first kappa shape index (κ1) is 17.1. The summed E-state index contributed by atoms with van der Waals surface area (Å²) in [5, 5.41) is 3.67. The van der Waals surface area contributed by atoms with Crippen LogP contribution in [0.1, 0.15) is 18.5 Å². The van der Waals surface area contributed by atoms with Crippen molar-refractivity contribution >= 4 is 5.69 Å². The predicted molar refractivity (Wildman–Crippen MR) is 108 cm³/mol. The van der Waals surface area contributed by atoms with Crippen LogP contribution in [0.3, 0.4) is 0 Å². The molecule has 1 N–H and O–H groups in total. The number of benzene rings is 1. The molecule has 2 aromatic heterocycles. The van der Waals surface area contributed by atoms with Gasteiger partial charge in [0.15, 0.2) is 11.5 Å². The third kappa shape index (κ3) is 3.55. The number of pyridine rings is 1. The van der Waals surface area contributed by atoms with Crippen LogP contribution in [-0.4, -0.2) is 40.4 Å². The summed E-state index contributed by atoms with van der Waals surface area (Å²) in [7, 11) is 0. The molecule has 1 fully saturated rings. The molecule has 6 heteroatoms. The largest absolute Gasteiger partial charge is 0.454 e. The fourth-order valence-corrected chi connectivity index (χ4v) is 4.06. The Bertz CT molecular complexity index is 941. The van der Waals surface area contributed by atoms with Crippen molar-refractivity contribution < 1.29 is 9.47 Å². The fraction of sp³-hybridized carbons (Fsp3) is 0.318. The van der Waals surface area contributed by atoms with Crippen LogP contribution in [-0.2, 0) is 6.54 Å². The Morgan fingerprint density at radius 2 is 2.07 bits per heavy atom. The molecule has 5 rings (SSSR count). The van der Waals surface area contributed by atoms with Gasteiger partial charge in [-0.05, 0) is 55.8 Å². The number of nitrogens with zero attached hydrogens (tertiary/aromatic N) is 3. The maximum atomic E-state index is 5.49. The van der Waals surface area contributed by atoms with Crippen molar-refractivity contribution in [3.8, 4) is 17.2 Å². The molecule has 2 aliphatic heterocycles. The predicted octanol–water partition coefficient (Wildman–Crippen LogP) is 3.68. The quantitative estimate of drug-likeness (QED) is 0.736. The summed E-state index contributed by atoms with van der Waals surface area (Å²) in [4.78, 5) is 6.77. The zero-order chi connectivity index (χ0) is 18.8. The second kappa shape index (κ2) is 7.56. The molecular formula is C22H24N4O2. The van der Waals surface area contributed by atoms with E-state index in [0.29, 0.717) is 12.8 Å². The number of nitrogens with one attached hydrogen (secondary N) is 1. The summed E-state index contributed by atoms with van der Waals surface area (Å²) in [6.07, 6.45) is 8.19. The van der Waals surface area contributed by atoms with Gasteiger partial charge in [0.05, 0.1) is 11.9 Å². The Hall–Kier alpha value is -2.99. The second-order valence-corrected chi connectivity index (χ2v) is 7.37. The Labute approximate surface area is 164 Å². The van der Waals surface area contributed by atoms with E-state index in [1.807, 2.05) is 30.6 Å². The van der Waals surface area contributed by atoms with Crippen LogP contribution in [0.4, 0.5) is 5.69 Å². The van der Waals surface area contributed by atoms with E-state index < -0.39 is 0 Å². The number of hydrogen-bond donors (Lipinski definition) is 1. The second-order valence-electron chi connectivity index (χ2n) is 7.37. The summed E-state index contributed by atoms with van der Waals surface area (Å²) >= 11 is 0. The van der Waals surface area contributed by atoms with Gasteiger partial charge in [0.2, 0.25) is 6.79 Å². The Kier molecular flexibility index (Phi) is 4.62. The normalized spacial score (nSPS) is 18.9. The highest BCUT2D eigenvalue weighted by molar-refractivity contribution is 5.56. The number of fused-ring (bicyclic) bond motifs is 1. The highest BCUT2D eigenvalue weighted by atomic mass is 16.7. The van der Waals surface area contributed by atoms with Crippen LogP contribution in [0, 0.1) is 0 Å². The smallest absolute Gasteiger partial charge is 0.231 e. The SMILES string of the molecule is c1cncc(-n2cccc2CN2CCCC(Nc3ccc4c(c3)OCO4)C2)c1. The minimum Gasteiger partial charge on any atom is -0.454 e. The number of rotatable bonds is 5. The van der Waals surface area contributed by atoms with Crippen LogP contribution < -0.4 is 14.8 Å². The van der Waals surface area contributed by atoms with Gasteiger partial charge < -0.3 is 19.4 Å². The first-order valence-electron chi connectivity index (χ1n) is 9.80. The van der Waals surface area contributed by atoms with Crippen LogP contribution in [0.2, 0.25) is 0 Å². The molecule has 1 atom stereocenters. The minimum atomic E-state index is 0.312. The molecule has 3 aromatic rings. The lowest BCUT2D eigenvalue weighted by Gasteiger charge is -2.33. The molecule has 0 spiro atoms. The zero-order valence-electron chi connectivity index (χ0n) is 15.8. The van der Waals surface area contributed by atoms with Crippen molar-refractivity contribution in [2.45, 2.75) is 25.4 Å². The van der Waals surface area contributed by atoms with Gasteiger partial charge in [-0.1, -0.05) is 0 Å². The summed E-state index contributed by atoms with van der Waals surface area (Å²) in [6, 6.07) is 14.9. The topological polar surface area (TPSA) is 51.6 Å². The van der Waals surface area contributed by atoms with Crippen LogP contribution in [0.15, 0.2) is 61.1 Å². The van der Waals surface area contributed by atoms with Crippen LogP contribution >= 0.6 is 0 Å². The Balaban J connectivity index is 1.25. The molecule has 0 aliphatic carbocycles. The van der Waals surface area contributed by atoms with Crippen molar-refractivity contribution in [3.63, 3.8) is 0 Å². The van der Waals surface area contributed by atoms with Gasteiger partial charge in [-0.3, -0.25) is 9.88 Å². The van der Waals surface area contributed by atoms with Gasteiger partial charge in [-0.2, -0.15) is 0 Å². The Morgan fingerprint density at radius 3 is 3.00 bits per heavy atom. The number of anilines is 1. The molecule has 28 heavy (non-hydrogen) atoms. The maximum absolute atomic E-state index is 5.49. The molecule has 1 saturated heterocycles. The number of ether oxygens (including phenoxy) is 2. The van der Waals surface area contributed by atoms with E-state index in [9.17, 15) is 0 Å². The molecule has 0 bridgehead atoms. The Morgan fingerprint density at radius 1 is 1.11 bits per heavy atom. The van der Waals surface area contributed by atoms with Crippen molar-refractivity contribution in [2.24, 2.45) is 0 Å². The van der Waals surface area contributed by atoms with E-state index in [0.717, 1.165) is 42.5 Å². The molecular weight excluding hydrogens is 352 g/mol. The first-order chi connectivity index (χ1) is 13.8. The van der Waals surface area contributed by atoms with E-state index in [2.05, 4.69) is 50.2 Å². The molecule has 2 aliphatic rings. The van der Waals surface area contributed by atoms with Gasteiger partial charge in [0.1, 0.15) is 0 Å². The average Bonchev–Trinajstić information content (AvgIpc) is 3.38. The maximum Gasteiger partial charge on any atom is 0.231 e. The number of hydrogen-bond acceptors (Lipinski definition) is 5. The van der Waals surface area contributed by atoms with Gasteiger partial charge >= 0.3 is 0 Å². The lowest BCUT2D eigenvalue weighted by atomic mass is 10.0. The summed E-state index contributed by atoms with van der Waals surface area (Å²) < 4.78 is 13.1. The van der Waals surface area contributed by atoms with E-state index >= 15 is 0 Å². The number of aromatic nitrogens is 2. The highest BCUT2D eigenvalue weighted by Crippen LogP contribution is 2.34. The molecule has 1 unspecified atom stereocenters. The highest BCUT2D eigenvalue weighted by Gasteiger charge is 2.22. The van der Waals surface area contributed by atoms with E-state index in [1.54, 1.807) is 0 Å². The van der Waals surface area contributed by atoms with E-state index in [4.69, 9.17) is 9.47 Å². The van der Waals surface area contributed by atoms with Crippen molar-refractivity contribution in [1.82, 2.24) is 14.5 Å². The molecule has 6 nitrogen and oxygen atoms in total. The van der Waals surface area contributed by atoms with E-state index in [-0.39, 0.29) is 0 Å². The zero-order valence-corrected chi connectivity index (χ0v) is 15.8. The molecule has 1 aromatic carbocycles. The molecule has 144 valence electrons. The minimum absolute atomic E-state index is 0.312. The third-order valence-electron chi connectivity index (χ3n) is 5.39. The molecule has 0 saturated carbocycles. The van der Waals surface area contributed by atoms with Gasteiger partial charge in [0, 0.05) is 49.0 Å². The average molecular weight is 376 g/mol. The van der Waals surface area contributed by atoms with Crippen LogP contribution in [0.5, 0.6) is 11.5 Å². The lowest BCUT2D eigenvalue weighted by Crippen LogP contribution is -2.41. The molecule has 0 amide bonds. The standard InChI is InChI=1S/C22H24N4O2/c1-5-19(13-23-9-1)26-11-3-6-20(26)15-25-10-2-4-18(14-25)24-17-7-8-21-22(12-17)28-16-27-21/h1,3,5-9,11-13,18,24H,2,4,10,14-16H2. The fourth-order valence-electron chi connectivity index (χ4n) is 4.06. The van der Waals surface area contributed by atoms with Crippen molar-refractivity contribution in [2.75, 3.05) is 25.2 Å². The monoisotopic (exact) mass is 376 g/mol. The van der Waals surface area contributed by atoms with Gasteiger partial charge in [0.25, 0.3) is 0 Å². The van der Waals surface area contributed by atoms with E-state index in [1.165, 1.54) is 18.5 Å². The summed E-state index contributed by atoms with van der Waals surface area (Å²) in [6.45, 7) is 3.39. The molecule has 0 radical (unpaired) electrons. The van der Waals surface area contributed by atoms with Crippen molar-refractivity contribution in [1.29, 1.82) is 0 Å². The molecule has 4 heterocycles. The summed E-state index contributed by atoms with van der Waals surface area (Å²) in [5.74, 6) is 1.65. The first-order valence-corrected chi connectivity index (χ1v) is 9.80.